The Labute approximate surface area is 199 Å². The van der Waals surface area contributed by atoms with Crippen molar-refractivity contribution in [2.75, 3.05) is 20.1 Å². The lowest BCUT2D eigenvalue weighted by Crippen LogP contribution is -2.49. The predicted octanol–water partition coefficient (Wildman–Crippen LogP) is 3.84. The zero-order valence-electron chi connectivity index (χ0n) is 19.5. The smallest absolute Gasteiger partial charge is 0.407 e. The van der Waals surface area contributed by atoms with E-state index in [4.69, 9.17) is 4.74 Å². The van der Waals surface area contributed by atoms with Crippen molar-refractivity contribution in [3.8, 4) is 0 Å². The number of alkyl carbamates (subject to hydrolysis) is 1. The Balaban J connectivity index is 0.00000841. The van der Waals surface area contributed by atoms with Gasteiger partial charge in [-0.05, 0) is 47.0 Å². The van der Waals surface area contributed by atoms with Gasteiger partial charge in [0.05, 0.1) is 0 Å². The van der Waals surface area contributed by atoms with Crippen molar-refractivity contribution >= 4 is 36.0 Å². The average Bonchev–Trinajstić information content (AvgIpc) is 3.05. The summed E-state index contributed by atoms with van der Waals surface area (Å²) < 4.78 is 7.49. The van der Waals surface area contributed by atoms with Gasteiger partial charge >= 0.3 is 6.09 Å². The van der Waals surface area contributed by atoms with E-state index in [2.05, 4.69) is 37.4 Å². The molecule has 1 atom stereocenters. The zero-order valence-corrected chi connectivity index (χ0v) is 21.8. The van der Waals surface area contributed by atoms with Crippen LogP contribution >= 0.6 is 24.0 Å². The zero-order chi connectivity index (χ0) is 21.7. The summed E-state index contributed by atoms with van der Waals surface area (Å²) in [6.07, 6.45) is 8.69. The summed E-state index contributed by atoms with van der Waals surface area (Å²) in [5.41, 5.74) is -0.497. The lowest BCUT2D eigenvalue weighted by Gasteiger charge is -2.24. The molecule has 9 heteroatoms. The minimum absolute atomic E-state index is 0. The molecule has 8 nitrogen and oxygen atoms in total. The molecule has 3 N–H and O–H groups in total. The van der Waals surface area contributed by atoms with E-state index >= 15 is 0 Å². The number of nitrogens with zero attached hydrogens (tertiary/aromatic N) is 3. The van der Waals surface area contributed by atoms with Crippen molar-refractivity contribution in [3.63, 3.8) is 0 Å². The molecule has 174 valence electrons. The topological polar surface area (TPSA) is 92.6 Å². The van der Waals surface area contributed by atoms with Crippen LogP contribution in [-0.4, -0.2) is 53.4 Å². The van der Waals surface area contributed by atoms with Gasteiger partial charge in [-0.15, -0.1) is 24.0 Å². The van der Waals surface area contributed by atoms with Crippen molar-refractivity contribution in [3.05, 3.63) is 18.2 Å². The lowest BCUT2D eigenvalue weighted by molar-refractivity contribution is 0.0523. The molecule has 0 aromatic carbocycles. The Hall–Kier alpha value is -1.52. The Morgan fingerprint density at radius 1 is 1.27 bits per heavy atom. The second-order valence-corrected chi connectivity index (χ2v) is 8.24. The number of aromatic nitrogens is 2. The molecule has 1 heterocycles. The number of nitrogens with one attached hydrogen (secondary N) is 3. The molecular formula is C21H41IN6O2. The third-order valence-electron chi connectivity index (χ3n) is 4.40. The van der Waals surface area contributed by atoms with Gasteiger partial charge in [0.1, 0.15) is 11.4 Å². The summed E-state index contributed by atoms with van der Waals surface area (Å²) in [5, 5.41) is 9.65. The van der Waals surface area contributed by atoms with Crippen LogP contribution in [0.4, 0.5) is 4.79 Å². The molecule has 30 heavy (non-hydrogen) atoms. The largest absolute Gasteiger partial charge is 0.444 e. The van der Waals surface area contributed by atoms with Crippen molar-refractivity contribution < 1.29 is 9.53 Å². The maximum absolute atomic E-state index is 11.9. The number of halogens is 1. The molecule has 1 aromatic heterocycles. The van der Waals surface area contributed by atoms with E-state index < -0.39 is 11.7 Å². The number of carbonyl (C=O) groups excluding carboxylic acids is 1. The van der Waals surface area contributed by atoms with Crippen molar-refractivity contribution in [2.24, 2.45) is 4.99 Å². The van der Waals surface area contributed by atoms with Gasteiger partial charge in [-0.3, -0.25) is 4.99 Å². The number of unbranched alkanes of at least 4 members (excludes halogenated alkanes) is 2. The molecule has 0 saturated carbocycles. The number of amides is 1. The number of aryl methyl sites for hydroxylation is 2. The first-order valence-electron chi connectivity index (χ1n) is 10.7. The molecular weight excluding hydrogens is 495 g/mol. The molecule has 1 unspecified atom stereocenters. The normalized spacial score (nSPS) is 12.7. The van der Waals surface area contributed by atoms with Crippen LogP contribution in [0.25, 0.3) is 0 Å². The number of carbonyl (C=O) groups is 1. The Morgan fingerprint density at radius 3 is 2.57 bits per heavy atom. The highest BCUT2D eigenvalue weighted by molar-refractivity contribution is 14.0. The minimum atomic E-state index is -0.497. The molecule has 1 amide bonds. The molecule has 0 aliphatic heterocycles. The number of rotatable bonds is 11. The van der Waals surface area contributed by atoms with Gasteiger partial charge in [-0.25, -0.2) is 9.78 Å². The summed E-state index contributed by atoms with van der Waals surface area (Å²) >= 11 is 0. The van der Waals surface area contributed by atoms with Crippen molar-refractivity contribution in [1.82, 2.24) is 25.5 Å². The van der Waals surface area contributed by atoms with Crippen LogP contribution in [-0.2, 0) is 11.3 Å². The van der Waals surface area contributed by atoms with Gasteiger partial charge in [0.2, 0.25) is 0 Å². The lowest BCUT2D eigenvalue weighted by atomic mass is 10.1. The second-order valence-electron chi connectivity index (χ2n) is 8.24. The molecule has 0 fully saturated rings. The maximum atomic E-state index is 11.9. The maximum Gasteiger partial charge on any atom is 0.407 e. The Kier molecular flexibility index (Phi) is 14.5. The van der Waals surface area contributed by atoms with Gasteiger partial charge in [-0.2, -0.15) is 0 Å². The van der Waals surface area contributed by atoms with Crippen LogP contribution < -0.4 is 16.0 Å². The van der Waals surface area contributed by atoms with E-state index in [0.29, 0.717) is 6.54 Å². The number of aliphatic imine (C=N–C) groups is 1. The fraction of sp³-hybridized carbons (Fsp3) is 0.762. The summed E-state index contributed by atoms with van der Waals surface area (Å²) in [4.78, 5) is 20.5. The summed E-state index contributed by atoms with van der Waals surface area (Å²) in [6.45, 7) is 12.1. The van der Waals surface area contributed by atoms with Gasteiger partial charge in [0.25, 0.3) is 0 Å². The first kappa shape index (κ1) is 28.5. The molecule has 0 radical (unpaired) electrons. The van der Waals surface area contributed by atoms with Crippen LogP contribution in [0.2, 0.25) is 0 Å². The van der Waals surface area contributed by atoms with Gasteiger partial charge in [-0.1, -0.05) is 19.8 Å². The monoisotopic (exact) mass is 536 g/mol. The molecule has 0 aliphatic carbocycles. The first-order chi connectivity index (χ1) is 13.7. The van der Waals surface area contributed by atoms with Gasteiger partial charge in [0, 0.05) is 45.1 Å². The highest BCUT2D eigenvalue weighted by Crippen LogP contribution is 2.07. The summed E-state index contributed by atoms with van der Waals surface area (Å²) in [5.74, 6) is 1.81. The van der Waals surface area contributed by atoms with E-state index in [-0.39, 0.29) is 30.0 Å². The van der Waals surface area contributed by atoms with Crippen molar-refractivity contribution in [1.29, 1.82) is 0 Å². The third kappa shape index (κ3) is 12.9. The molecule has 0 bridgehead atoms. The van der Waals surface area contributed by atoms with E-state index in [1.807, 2.05) is 40.1 Å². The molecule has 0 saturated heterocycles. The van der Waals surface area contributed by atoms with Gasteiger partial charge in [0.15, 0.2) is 5.96 Å². The molecule has 1 aromatic rings. The highest BCUT2D eigenvalue weighted by atomic mass is 127. The van der Waals surface area contributed by atoms with Gasteiger partial charge < -0.3 is 25.3 Å². The number of ether oxygens (including phenoxy) is 1. The van der Waals surface area contributed by atoms with E-state index in [1.165, 1.54) is 0 Å². The van der Waals surface area contributed by atoms with E-state index in [1.54, 1.807) is 7.05 Å². The first-order valence-corrected chi connectivity index (χ1v) is 10.7. The average molecular weight is 537 g/mol. The highest BCUT2D eigenvalue weighted by Gasteiger charge is 2.18. The number of hydrogen-bond acceptors (Lipinski definition) is 4. The fourth-order valence-corrected chi connectivity index (χ4v) is 2.84. The standard InChI is InChI=1S/C21H40N6O2.HI/c1-7-8-11-18(16-25-20(28)29-21(3,4)5)26-19(22-6)24-12-9-10-14-27-15-13-23-17(27)2;/h13,15,18H,7-12,14,16H2,1-6H3,(H,25,28)(H2,22,24,26);1H. The molecule has 0 spiro atoms. The second kappa shape index (κ2) is 15.3. The molecule has 1 rings (SSSR count). The predicted molar refractivity (Wildman–Crippen MR) is 134 cm³/mol. The van der Waals surface area contributed by atoms with E-state index in [0.717, 1.165) is 57.0 Å². The minimum Gasteiger partial charge on any atom is -0.444 e. The van der Waals surface area contributed by atoms with Crippen LogP contribution in [0.5, 0.6) is 0 Å². The SMILES string of the molecule is CCCCC(CNC(=O)OC(C)(C)C)NC(=NC)NCCCCn1ccnc1C.I. The fourth-order valence-electron chi connectivity index (χ4n) is 2.84. The number of imidazole rings is 1. The summed E-state index contributed by atoms with van der Waals surface area (Å²) in [7, 11) is 1.77. The van der Waals surface area contributed by atoms with Crippen LogP contribution in [0.3, 0.4) is 0 Å². The Bertz CT molecular complexity index is 627. The number of hydrogen-bond donors (Lipinski definition) is 3. The summed E-state index contributed by atoms with van der Waals surface area (Å²) in [6, 6.07) is 0.0993. The number of guanidine groups is 1. The van der Waals surface area contributed by atoms with Crippen molar-refractivity contribution in [2.45, 2.75) is 84.9 Å². The van der Waals surface area contributed by atoms with E-state index in [9.17, 15) is 4.79 Å². The van der Waals surface area contributed by atoms with Crippen LogP contribution in [0, 0.1) is 6.92 Å². The molecule has 0 aliphatic rings. The van der Waals surface area contributed by atoms with Crippen LogP contribution in [0.1, 0.15) is 65.6 Å². The Morgan fingerprint density at radius 2 is 2.00 bits per heavy atom. The third-order valence-corrected chi connectivity index (χ3v) is 4.40. The quantitative estimate of drug-likeness (QED) is 0.173. The van der Waals surface area contributed by atoms with Crippen LogP contribution in [0.15, 0.2) is 17.4 Å².